The van der Waals surface area contributed by atoms with Gasteiger partial charge in [-0.2, -0.15) is 5.10 Å². The predicted molar refractivity (Wildman–Crippen MR) is 63.5 cm³/mol. The van der Waals surface area contributed by atoms with Crippen LogP contribution < -0.4 is 11.1 Å². The standard InChI is InChI=1S/C11H20N4O/c1-4-8(5-2)11(16)13-6-9-7-14-15(3)10(9)12/h7-8H,4-6,12H2,1-3H3,(H,13,16). The number of nitrogens with one attached hydrogen (secondary N) is 1. The van der Waals surface area contributed by atoms with Crippen LogP contribution in [0.3, 0.4) is 0 Å². The van der Waals surface area contributed by atoms with E-state index in [4.69, 9.17) is 5.73 Å². The second-order valence-electron chi connectivity index (χ2n) is 3.91. The number of rotatable bonds is 5. The molecule has 0 aliphatic carbocycles. The largest absolute Gasteiger partial charge is 0.384 e. The molecule has 16 heavy (non-hydrogen) atoms. The highest BCUT2D eigenvalue weighted by atomic mass is 16.1. The fourth-order valence-electron chi connectivity index (χ4n) is 1.61. The van der Waals surface area contributed by atoms with Gasteiger partial charge in [-0.05, 0) is 12.8 Å². The summed E-state index contributed by atoms with van der Waals surface area (Å²) in [5.74, 6) is 0.788. The normalized spacial score (nSPS) is 10.8. The first-order valence-electron chi connectivity index (χ1n) is 5.64. The number of amides is 1. The van der Waals surface area contributed by atoms with Crippen molar-refractivity contribution in [1.29, 1.82) is 0 Å². The van der Waals surface area contributed by atoms with Crippen LogP contribution in [0.2, 0.25) is 0 Å². The molecule has 0 aliphatic rings. The monoisotopic (exact) mass is 224 g/mol. The number of carbonyl (C=O) groups is 1. The summed E-state index contributed by atoms with van der Waals surface area (Å²) >= 11 is 0. The average molecular weight is 224 g/mol. The maximum atomic E-state index is 11.7. The van der Waals surface area contributed by atoms with Gasteiger partial charge in [-0.3, -0.25) is 9.48 Å². The van der Waals surface area contributed by atoms with E-state index >= 15 is 0 Å². The molecule has 5 nitrogen and oxygen atoms in total. The molecule has 0 atom stereocenters. The highest BCUT2D eigenvalue weighted by Crippen LogP contribution is 2.11. The Bertz CT molecular complexity index is 355. The number of nitrogens with zero attached hydrogens (tertiary/aromatic N) is 2. The highest BCUT2D eigenvalue weighted by molar-refractivity contribution is 5.78. The van der Waals surface area contributed by atoms with Gasteiger partial charge >= 0.3 is 0 Å². The molecule has 1 aromatic rings. The molecule has 90 valence electrons. The number of aromatic nitrogens is 2. The number of hydrogen-bond donors (Lipinski definition) is 2. The number of anilines is 1. The molecule has 0 aromatic carbocycles. The molecule has 0 saturated carbocycles. The van der Waals surface area contributed by atoms with Crippen LogP contribution in [0.1, 0.15) is 32.3 Å². The molecule has 5 heteroatoms. The van der Waals surface area contributed by atoms with Gasteiger partial charge in [-0.1, -0.05) is 13.8 Å². The van der Waals surface area contributed by atoms with Crippen LogP contribution in [0, 0.1) is 5.92 Å². The Kier molecular flexibility index (Phi) is 4.34. The molecule has 0 spiro atoms. The van der Waals surface area contributed by atoms with E-state index < -0.39 is 0 Å². The molecule has 0 aliphatic heterocycles. The van der Waals surface area contributed by atoms with Gasteiger partial charge in [0.1, 0.15) is 5.82 Å². The zero-order valence-electron chi connectivity index (χ0n) is 10.2. The summed E-state index contributed by atoms with van der Waals surface area (Å²) < 4.78 is 1.60. The average Bonchev–Trinajstić information content (AvgIpc) is 2.59. The van der Waals surface area contributed by atoms with Crippen molar-refractivity contribution < 1.29 is 4.79 Å². The van der Waals surface area contributed by atoms with E-state index in [9.17, 15) is 4.79 Å². The van der Waals surface area contributed by atoms with E-state index in [1.165, 1.54) is 0 Å². The minimum Gasteiger partial charge on any atom is -0.384 e. The Hall–Kier alpha value is -1.52. The second kappa shape index (κ2) is 5.53. The van der Waals surface area contributed by atoms with Crippen LogP contribution in [0.25, 0.3) is 0 Å². The number of aryl methyl sites for hydroxylation is 1. The lowest BCUT2D eigenvalue weighted by atomic mass is 10.0. The van der Waals surface area contributed by atoms with Gasteiger partial charge < -0.3 is 11.1 Å². The van der Waals surface area contributed by atoms with Gasteiger partial charge in [0.15, 0.2) is 0 Å². The van der Waals surface area contributed by atoms with Crippen LogP contribution in [-0.2, 0) is 18.4 Å². The summed E-state index contributed by atoms with van der Waals surface area (Å²) in [6.45, 7) is 4.49. The van der Waals surface area contributed by atoms with E-state index in [2.05, 4.69) is 10.4 Å². The summed E-state index contributed by atoms with van der Waals surface area (Å²) in [4.78, 5) is 11.7. The molecule has 1 aromatic heterocycles. The van der Waals surface area contributed by atoms with Gasteiger partial charge in [-0.25, -0.2) is 0 Å². The summed E-state index contributed by atoms with van der Waals surface area (Å²) in [6, 6.07) is 0. The molecule has 3 N–H and O–H groups in total. The third-order valence-corrected chi connectivity index (χ3v) is 2.87. The molecule has 0 radical (unpaired) electrons. The van der Waals surface area contributed by atoms with Crippen molar-refractivity contribution in [3.05, 3.63) is 11.8 Å². The van der Waals surface area contributed by atoms with Crippen molar-refractivity contribution in [3.8, 4) is 0 Å². The van der Waals surface area contributed by atoms with Crippen LogP contribution >= 0.6 is 0 Å². The molecular weight excluding hydrogens is 204 g/mol. The van der Waals surface area contributed by atoms with E-state index in [1.54, 1.807) is 17.9 Å². The van der Waals surface area contributed by atoms with Gasteiger partial charge in [0, 0.05) is 25.1 Å². The van der Waals surface area contributed by atoms with Crippen molar-refractivity contribution >= 4 is 11.7 Å². The first kappa shape index (κ1) is 12.5. The zero-order chi connectivity index (χ0) is 12.1. The van der Waals surface area contributed by atoms with Gasteiger partial charge in [0.05, 0.1) is 6.20 Å². The number of nitrogens with two attached hydrogens (primary N) is 1. The third kappa shape index (κ3) is 2.74. The summed E-state index contributed by atoms with van der Waals surface area (Å²) in [5.41, 5.74) is 6.64. The molecular formula is C11H20N4O. The van der Waals surface area contributed by atoms with Crippen molar-refractivity contribution in [1.82, 2.24) is 15.1 Å². The lowest BCUT2D eigenvalue weighted by Gasteiger charge is -2.12. The Labute approximate surface area is 96.0 Å². The third-order valence-electron chi connectivity index (χ3n) is 2.87. The molecule has 1 heterocycles. The van der Waals surface area contributed by atoms with E-state index in [1.807, 2.05) is 13.8 Å². The van der Waals surface area contributed by atoms with Crippen molar-refractivity contribution in [2.45, 2.75) is 33.2 Å². The fourth-order valence-corrected chi connectivity index (χ4v) is 1.61. The predicted octanol–water partition coefficient (Wildman–Crippen LogP) is 1.05. The van der Waals surface area contributed by atoms with Crippen molar-refractivity contribution in [2.24, 2.45) is 13.0 Å². The minimum absolute atomic E-state index is 0.0910. The number of hydrogen-bond acceptors (Lipinski definition) is 3. The van der Waals surface area contributed by atoms with Crippen LogP contribution in [0.15, 0.2) is 6.20 Å². The Balaban J connectivity index is 2.52. The number of carbonyl (C=O) groups excluding carboxylic acids is 1. The topological polar surface area (TPSA) is 72.9 Å². The molecule has 0 unspecified atom stereocenters. The van der Waals surface area contributed by atoms with Crippen LogP contribution in [0.4, 0.5) is 5.82 Å². The lowest BCUT2D eigenvalue weighted by Crippen LogP contribution is -2.29. The molecule has 0 saturated heterocycles. The SMILES string of the molecule is CCC(CC)C(=O)NCc1cnn(C)c1N. The number of nitrogen functional groups attached to an aromatic ring is 1. The quantitative estimate of drug-likeness (QED) is 0.785. The fraction of sp³-hybridized carbons (Fsp3) is 0.636. The maximum absolute atomic E-state index is 11.7. The molecule has 1 rings (SSSR count). The van der Waals surface area contributed by atoms with Crippen molar-refractivity contribution in [2.75, 3.05) is 5.73 Å². The summed E-state index contributed by atoms with van der Waals surface area (Å²) in [7, 11) is 1.78. The van der Waals surface area contributed by atoms with Gasteiger partial charge in [0.2, 0.25) is 5.91 Å². The summed E-state index contributed by atoms with van der Waals surface area (Å²) in [5, 5.41) is 6.90. The first-order valence-corrected chi connectivity index (χ1v) is 5.64. The van der Waals surface area contributed by atoms with Gasteiger partial charge in [0.25, 0.3) is 0 Å². The lowest BCUT2D eigenvalue weighted by molar-refractivity contribution is -0.125. The molecule has 1 amide bonds. The van der Waals surface area contributed by atoms with Crippen molar-refractivity contribution in [3.63, 3.8) is 0 Å². The Morgan fingerprint density at radius 1 is 1.56 bits per heavy atom. The van der Waals surface area contributed by atoms with E-state index in [0.717, 1.165) is 18.4 Å². The van der Waals surface area contributed by atoms with E-state index in [-0.39, 0.29) is 11.8 Å². The van der Waals surface area contributed by atoms with Gasteiger partial charge in [-0.15, -0.1) is 0 Å². The van der Waals surface area contributed by atoms with E-state index in [0.29, 0.717) is 12.4 Å². The van der Waals surface area contributed by atoms with Crippen LogP contribution in [0.5, 0.6) is 0 Å². The second-order valence-corrected chi connectivity index (χ2v) is 3.91. The maximum Gasteiger partial charge on any atom is 0.223 e. The smallest absolute Gasteiger partial charge is 0.223 e. The Morgan fingerprint density at radius 3 is 2.62 bits per heavy atom. The highest BCUT2D eigenvalue weighted by Gasteiger charge is 2.14. The minimum atomic E-state index is 0.0910. The zero-order valence-corrected chi connectivity index (χ0v) is 10.2. The van der Waals surface area contributed by atoms with Crippen LogP contribution in [-0.4, -0.2) is 15.7 Å². The molecule has 0 fully saturated rings. The first-order chi connectivity index (χ1) is 7.60. The Morgan fingerprint density at radius 2 is 2.19 bits per heavy atom. The molecule has 0 bridgehead atoms. The summed E-state index contributed by atoms with van der Waals surface area (Å²) in [6.07, 6.45) is 3.41.